The minimum atomic E-state index is -0.240. The Labute approximate surface area is 150 Å². The average molecular weight is 346 g/mol. The summed E-state index contributed by atoms with van der Waals surface area (Å²) in [7, 11) is 3.59. The number of likely N-dealkylation sites (tertiary alicyclic amines) is 1. The van der Waals surface area contributed by atoms with E-state index in [1.807, 2.05) is 13.0 Å². The summed E-state index contributed by atoms with van der Waals surface area (Å²) in [4.78, 5) is 17.1. The van der Waals surface area contributed by atoms with Crippen LogP contribution < -0.4 is 4.90 Å². The van der Waals surface area contributed by atoms with Gasteiger partial charge in [0.15, 0.2) is 0 Å². The monoisotopic (exact) mass is 346 g/mol. The van der Waals surface area contributed by atoms with Crippen molar-refractivity contribution in [1.29, 1.82) is 0 Å². The van der Waals surface area contributed by atoms with Gasteiger partial charge in [-0.1, -0.05) is 0 Å². The Morgan fingerprint density at radius 3 is 2.56 bits per heavy atom. The van der Waals surface area contributed by atoms with Crippen molar-refractivity contribution < 1.29 is 14.3 Å². The number of likely N-dealkylation sites (N-methyl/N-ethyl adjacent to an activating group) is 1. The number of nitrogens with zero attached hydrogens (tertiary/aromatic N) is 2. The van der Waals surface area contributed by atoms with E-state index in [0.29, 0.717) is 17.5 Å². The van der Waals surface area contributed by atoms with E-state index in [-0.39, 0.29) is 5.97 Å². The minimum Gasteiger partial charge on any atom is -0.465 e. The van der Waals surface area contributed by atoms with Gasteiger partial charge in [-0.15, -0.1) is 0 Å². The molecular weight excluding hydrogens is 316 g/mol. The Kier molecular flexibility index (Phi) is 5.64. The van der Waals surface area contributed by atoms with Crippen LogP contribution in [0.3, 0.4) is 0 Å². The molecule has 0 N–H and O–H groups in total. The predicted octanol–water partition coefficient (Wildman–Crippen LogP) is 2.82. The Hall–Kier alpha value is -1.59. The molecule has 0 aliphatic carbocycles. The van der Waals surface area contributed by atoms with Gasteiger partial charge in [0.25, 0.3) is 0 Å². The van der Waals surface area contributed by atoms with Crippen LogP contribution in [0.4, 0.5) is 5.69 Å². The zero-order chi connectivity index (χ0) is 18.0. The first-order valence-corrected chi connectivity index (χ1v) is 9.31. The van der Waals surface area contributed by atoms with Gasteiger partial charge in [-0.2, -0.15) is 0 Å². The first-order chi connectivity index (χ1) is 12.0. The van der Waals surface area contributed by atoms with Crippen molar-refractivity contribution >= 4 is 11.7 Å². The predicted molar refractivity (Wildman–Crippen MR) is 99.6 cm³/mol. The molecule has 5 nitrogen and oxygen atoms in total. The molecule has 2 aliphatic heterocycles. The van der Waals surface area contributed by atoms with Gasteiger partial charge < -0.3 is 19.3 Å². The average Bonchev–Trinajstić information content (AvgIpc) is 2.61. The van der Waals surface area contributed by atoms with Gasteiger partial charge in [0.2, 0.25) is 0 Å². The maximum atomic E-state index is 12.3. The standard InChI is InChI=1S/C20H30N2O3/c1-5-22(17-6-8-25-9-7-17)19-11-15(16-12-21(3)13-16)10-18(14(19)2)20(23)24-4/h10-11,16-17H,5-9,12-13H2,1-4H3. The summed E-state index contributed by atoms with van der Waals surface area (Å²) in [6, 6.07) is 4.82. The van der Waals surface area contributed by atoms with E-state index in [1.54, 1.807) is 0 Å². The summed E-state index contributed by atoms with van der Waals surface area (Å²) in [6.07, 6.45) is 2.08. The van der Waals surface area contributed by atoms with Crippen LogP contribution in [0.25, 0.3) is 0 Å². The van der Waals surface area contributed by atoms with Crippen LogP contribution in [-0.2, 0) is 9.47 Å². The molecule has 1 aromatic rings. The van der Waals surface area contributed by atoms with E-state index in [9.17, 15) is 4.79 Å². The van der Waals surface area contributed by atoms with Gasteiger partial charge in [-0.3, -0.25) is 0 Å². The van der Waals surface area contributed by atoms with Crippen LogP contribution >= 0.6 is 0 Å². The summed E-state index contributed by atoms with van der Waals surface area (Å²) >= 11 is 0. The van der Waals surface area contributed by atoms with E-state index >= 15 is 0 Å². The van der Waals surface area contributed by atoms with Crippen LogP contribution in [0.2, 0.25) is 0 Å². The van der Waals surface area contributed by atoms with Crippen molar-refractivity contribution in [1.82, 2.24) is 4.90 Å². The molecule has 2 aliphatic rings. The molecule has 2 heterocycles. The maximum absolute atomic E-state index is 12.3. The first-order valence-electron chi connectivity index (χ1n) is 9.31. The number of carbonyl (C=O) groups is 1. The van der Waals surface area contributed by atoms with Crippen LogP contribution in [0, 0.1) is 6.92 Å². The highest BCUT2D eigenvalue weighted by Gasteiger charge is 2.29. The first kappa shape index (κ1) is 18.2. The highest BCUT2D eigenvalue weighted by Crippen LogP contribution is 2.35. The van der Waals surface area contributed by atoms with Crippen molar-refractivity contribution in [2.24, 2.45) is 0 Å². The molecule has 0 amide bonds. The number of hydrogen-bond donors (Lipinski definition) is 0. The Bertz CT molecular complexity index is 620. The molecule has 1 aromatic carbocycles. The molecule has 0 radical (unpaired) electrons. The fourth-order valence-electron chi connectivity index (χ4n) is 4.11. The third-order valence-corrected chi connectivity index (χ3v) is 5.63. The van der Waals surface area contributed by atoms with Gasteiger partial charge in [-0.05, 0) is 57.0 Å². The highest BCUT2D eigenvalue weighted by atomic mass is 16.5. The summed E-state index contributed by atoms with van der Waals surface area (Å²) < 4.78 is 10.6. The van der Waals surface area contributed by atoms with E-state index in [2.05, 4.69) is 29.8 Å². The topological polar surface area (TPSA) is 42.0 Å². The Morgan fingerprint density at radius 1 is 1.32 bits per heavy atom. The van der Waals surface area contributed by atoms with Crippen LogP contribution in [-0.4, -0.2) is 63.9 Å². The summed E-state index contributed by atoms with van der Waals surface area (Å²) in [5, 5.41) is 0. The third-order valence-electron chi connectivity index (χ3n) is 5.63. The zero-order valence-electron chi connectivity index (χ0n) is 15.9. The van der Waals surface area contributed by atoms with Crippen molar-refractivity contribution in [2.75, 3.05) is 51.9 Å². The van der Waals surface area contributed by atoms with Gasteiger partial charge in [0.05, 0.1) is 12.7 Å². The molecule has 0 atom stereocenters. The van der Waals surface area contributed by atoms with E-state index in [0.717, 1.165) is 51.3 Å². The molecular formula is C20H30N2O3. The van der Waals surface area contributed by atoms with Crippen LogP contribution in [0.5, 0.6) is 0 Å². The maximum Gasteiger partial charge on any atom is 0.338 e. The third kappa shape index (κ3) is 3.67. The molecule has 2 saturated heterocycles. The number of carbonyl (C=O) groups excluding carboxylic acids is 1. The minimum absolute atomic E-state index is 0.240. The number of ether oxygens (including phenoxy) is 2. The second-order valence-corrected chi connectivity index (χ2v) is 7.25. The number of anilines is 1. The number of benzene rings is 1. The molecule has 2 fully saturated rings. The van der Waals surface area contributed by atoms with Crippen molar-refractivity contribution in [2.45, 2.75) is 38.6 Å². The fraction of sp³-hybridized carbons (Fsp3) is 0.650. The van der Waals surface area contributed by atoms with Crippen molar-refractivity contribution in [3.05, 3.63) is 28.8 Å². The lowest BCUT2D eigenvalue weighted by Gasteiger charge is -2.39. The summed E-state index contributed by atoms with van der Waals surface area (Å²) in [6.45, 7) is 8.89. The van der Waals surface area contributed by atoms with Gasteiger partial charge in [0, 0.05) is 50.5 Å². The number of esters is 1. The second-order valence-electron chi connectivity index (χ2n) is 7.25. The number of methoxy groups -OCH3 is 1. The van der Waals surface area contributed by atoms with E-state index in [1.165, 1.54) is 18.4 Å². The normalized spacial score (nSPS) is 19.5. The zero-order valence-corrected chi connectivity index (χ0v) is 15.9. The van der Waals surface area contributed by atoms with Gasteiger partial charge >= 0.3 is 5.97 Å². The van der Waals surface area contributed by atoms with E-state index in [4.69, 9.17) is 9.47 Å². The largest absolute Gasteiger partial charge is 0.465 e. The SMILES string of the molecule is CCN(c1cc(C2CN(C)C2)cc(C(=O)OC)c1C)C1CCOCC1. The number of rotatable bonds is 5. The lowest BCUT2D eigenvalue weighted by molar-refractivity contribution is 0.0599. The summed E-state index contributed by atoms with van der Waals surface area (Å²) in [5.74, 6) is 0.262. The van der Waals surface area contributed by atoms with Gasteiger partial charge in [0.1, 0.15) is 0 Å². The molecule has 0 unspecified atom stereocenters. The molecule has 138 valence electrons. The van der Waals surface area contributed by atoms with E-state index < -0.39 is 0 Å². The molecule has 0 saturated carbocycles. The highest BCUT2D eigenvalue weighted by molar-refractivity contribution is 5.93. The Morgan fingerprint density at radius 2 is 2.00 bits per heavy atom. The van der Waals surface area contributed by atoms with Crippen LogP contribution in [0.1, 0.15) is 47.2 Å². The summed E-state index contributed by atoms with van der Waals surface area (Å²) in [5.41, 5.74) is 4.16. The molecule has 25 heavy (non-hydrogen) atoms. The second kappa shape index (κ2) is 7.75. The smallest absolute Gasteiger partial charge is 0.338 e. The molecule has 0 spiro atoms. The Balaban J connectivity index is 2.00. The molecule has 5 heteroatoms. The quantitative estimate of drug-likeness (QED) is 0.767. The van der Waals surface area contributed by atoms with Crippen molar-refractivity contribution in [3.63, 3.8) is 0 Å². The molecule has 0 bridgehead atoms. The molecule has 3 rings (SSSR count). The van der Waals surface area contributed by atoms with Crippen LogP contribution in [0.15, 0.2) is 12.1 Å². The number of hydrogen-bond acceptors (Lipinski definition) is 5. The van der Waals surface area contributed by atoms with Crippen molar-refractivity contribution in [3.8, 4) is 0 Å². The lowest BCUT2D eigenvalue weighted by Crippen LogP contribution is -2.42. The van der Waals surface area contributed by atoms with Gasteiger partial charge in [-0.25, -0.2) is 4.79 Å². The lowest BCUT2D eigenvalue weighted by atomic mass is 9.88. The molecule has 0 aromatic heterocycles. The fourth-order valence-corrected chi connectivity index (χ4v) is 4.11.